The molecule has 0 bridgehead atoms. The lowest BCUT2D eigenvalue weighted by atomic mass is 9.79. The van der Waals surface area contributed by atoms with Crippen LogP contribution < -0.4 is 4.74 Å². The van der Waals surface area contributed by atoms with Crippen molar-refractivity contribution < 1.29 is 14.1 Å². The van der Waals surface area contributed by atoms with Gasteiger partial charge < -0.3 is 4.74 Å². The Kier molecular flexibility index (Phi) is 3.99. The molecule has 0 spiro atoms. The van der Waals surface area contributed by atoms with Crippen molar-refractivity contribution in [3.63, 3.8) is 0 Å². The molecule has 0 unspecified atom stereocenters. The molecule has 0 saturated carbocycles. The van der Waals surface area contributed by atoms with Gasteiger partial charge in [0.25, 0.3) is 5.69 Å². The van der Waals surface area contributed by atoms with E-state index in [0.717, 1.165) is 11.3 Å². The average molecular weight is 316 g/mol. The lowest BCUT2D eigenvalue weighted by Gasteiger charge is -2.25. The molecule has 1 aromatic rings. The molecule has 0 radical (unpaired) electrons. The molecule has 23 heavy (non-hydrogen) atoms. The maximum Gasteiger partial charge on any atom is 0.608 e. The summed E-state index contributed by atoms with van der Waals surface area (Å²) in [5.41, 5.74) is 2.96. The summed E-state index contributed by atoms with van der Waals surface area (Å²) in [6.45, 7) is 19.3. The predicted octanol–water partition coefficient (Wildman–Crippen LogP) is 5.55. The zero-order chi connectivity index (χ0) is 17.8. The van der Waals surface area contributed by atoms with E-state index in [4.69, 9.17) is 4.74 Å². The molecule has 0 atom stereocenters. The molecule has 0 aliphatic carbocycles. The van der Waals surface area contributed by atoms with E-state index in [1.165, 1.54) is 5.56 Å². The minimum atomic E-state index is -0.313. The molecular weight excluding hydrogens is 286 g/mol. The molecule has 0 aromatic heterocycles. The zero-order valence-corrected chi connectivity index (χ0v) is 16.0. The maximum absolute atomic E-state index is 12.4. The Labute approximate surface area is 140 Å². The highest BCUT2D eigenvalue weighted by molar-refractivity contribution is 5.82. The topological polar surface area (TPSA) is 29.3 Å². The van der Waals surface area contributed by atoms with Crippen LogP contribution in [0.5, 0.6) is 5.75 Å². The van der Waals surface area contributed by atoms with Crippen LogP contribution in [0.4, 0.5) is 10.5 Å². The lowest BCUT2D eigenvalue weighted by Crippen LogP contribution is -2.21. The highest BCUT2D eigenvalue weighted by Gasteiger charge is 2.42. The summed E-state index contributed by atoms with van der Waals surface area (Å²) in [5.74, 6) is 0.705. The summed E-state index contributed by atoms with van der Waals surface area (Å²) < 4.78 is 7.31. The molecule has 0 fully saturated rings. The van der Waals surface area contributed by atoms with Gasteiger partial charge in [0.05, 0.1) is 0 Å². The average Bonchev–Trinajstić information content (AvgIpc) is 2.60. The van der Waals surface area contributed by atoms with Crippen LogP contribution >= 0.6 is 0 Å². The standard InChI is InChI=1S/C20H30NO2/c1-18(2,3)12-21-15-11-13(19(4,5)6)10-14(20(7,8)9)16(15)23-17(21)22/h10-12H,1-9H3/q+1/b21-12+. The van der Waals surface area contributed by atoms with Crippen LogP contribution in [-0.2, 0) is 10.8 Å². The second-order valence-corrected chi connectivity index (χ2v) is 9.61. The van der Waals surface area contributed by atoms with Crippen molar-refractivity contribution in [3.8, 4) is 5.75 Å². The SMILES string of the molecule is CC(C)(C)/C=[N+]1/C(=O)Oc2c1cc(C(C)(C)C)cc2C(C)(C)C. The highest BCUT2D eigenvalue weighted by atomic mass is 16.6. The number of hydrogen-bond donors (Lipinski definition) is 0. The second kappa shape index (κ2) is 5.19. The van der Waals surface area contributed by atoms with Gasteiger partial charge in [-0.05, 0) is 16.4 Å². The van der Waals surface area contributed by atoms with E-state index in [1.807, 2.05) is 6.21 Å². The number of carbonyl (C=O) groups excluding carboxylic acids is 1. The molecule has 1 amide bonds. The quantitative estimate of drug-likeness (QED) is 0.587. The summed E-state index contributed by atoms with van der Waals surface area (Å²) in [6, 6.07) is 4.28. The minimum absolute atomic E-state index is 0.00801. The van der Waals surface area contributed by atoms with Gasteiger partial charge in [-0.2, -0.15) is 4.79 Å². The van der Waals surface area contributed by atoms with Crippen molar-refractivity contribution in [2.24, 2.45) is 5.41 Å². The summed E-state index contributed by atoms with van der Waals surface area (Å²) in [6.07, 6.45) is 1.63. The van der Waals surface area contributed by atoms with E-state index < -0.39 is 0 Å². The van der Waals surface area contributed by atoms with Crippen molar-refractivity contribution in [3.05, 3.63) is 23.3 Å². The summed E-state index contributed by atoms with van der Waals surface area (Å²) in [5, 5.41) is 0. The normalized spacial score (nSPS) is 17.4. The van der Waals surface area contributed by atoms with Gasteiger partial charge in [0.15, 0.2) is 6.21 Å². The van der Waals surface area contributed by atoms with Crippen LogP contribution in [0.25, 0.3) is 0 Å². The molecular formula is C20H30NO2+. The first-order chi connectivity index (χ1) is 10.2. The first-order valence-electron chi connectivity index (χ1n) is 8.26. The molecule has 1 heterocycles. The first-order valence-corrected chi connectivity index (χ1v) is 8.26. The molecule has 126 valence electrons. The van der Waals surface area contributed by atoms with Crippen molar-refractivity contribution >= 4 is 18.0 Å². The van der Waals surface area contributed by atoms with Crippen molar-refractivity contribution in [1.29, 1.82) is 0 Å². The van der Waals surface area contributed by atoms with E-state index in [-0.39, 0.29) is 22.3 Å². The van der Waals surface area contributed by atoms with Crippen molar-refractivity contribution in [2.75, 3.05) is 0 Å². The van der Waals surface area contributed by atoms with Crippen LogP contribution in [0.2, 0.25) is 0 Å². The number of carbonyl (C=O) groups is 1. The van der Waals surface area contributed by atoms with Crippen LogP contribution in [-0.4, -0.2) is 16.9 Å². The largest absolute Gasteiger partial charge is 0.608 e. The third-order valence-electron chi connectivity index (χ3n) is 3.91. The van der Waals surface area contributed by atoms with E-state index in [2.05, 4.69) is 74.4 Å². The van der Waals surface area contributed by atoms with Gasteiger partial charge in [0.2, 0.25) is 5.75 Å². The number of hydrogen-bond acceptors (Lipinski definition) is 2. The van der Waals surface area contributed by atoms with E-state index >= 15 is 0 Å². The number of rotatable bonds is 0. The number of ether oxygens (including phenoxy) is 1. The van der Waals surface area contributed by atoms with Crippen LogP contribution in [0.15, 0.2) is 12.1 Å². The third kappa shape index (κ3) is 3.65. The van der Waals surface area contributed by atoms with Crippen LogP contribution in [0.1, 0.15) is 73.4 Å². The first kappa shape index (κ1) is 17.7. The fourth-order valence-electron chi connectivity index (χ4n) is 2.63. The minimum Gasteiger partial charge on any atom is -0.365 e. The Balaban J connectivity index is 2.79. The summed E-state index contributed by atoms with van der Waals surface area (Å²) >= 11 is 0. The van der Waals surface area contributed by atoms with Gasteiger partial charge in [0, 0.05) is 17.0 Å². The van der Waals surface area contributed by atoms with Gasteiger partial charge in [0.1, 0.15) is 0 Å². The Hall–Kier alpha value is -1.64. The van der Waals surface area contributed by atoms with E-state index in [1.54, 1.807) is 4.58 Å². The van der Waals surface area contributed by atoms with Crippen molar-refractivity contribution in [1.82, 2.24) is 0 Å². The molecule has 0 saturated heterocycles. The Morgan fingerprint density at radius 2 is 1.48 bits per heavy atom. The zero-order valence-electron chi connectivity index (χ0n) is 16.0. The van der Waals surface area contributed by atoms with Crippen LogP contribution in [0, 0.1) is 5.41 Å². The van der Waals surface area contributed by atoms with Gasteiger partial charge in [-0.25, -0.2) is 0 Å². The van der Waals surface area contributed by atoms with Crippen LogP contribution in [0.3, 0.4) is 0 Å². The monoisotopic (exact) mass is 316 g/mol. The highest BCUT2D eigenvalue weighted by Crippen LogP contribution is 2.45. The summed E-state index contributed by atoms with van der Waals surface area (Å²) in [4.78, 5) is 12.4. The Bertz CT molecular complexity index is 677. The molecule has 3 heteroatoms. The van der Waals surface area contributed by atoms with Gasteiger partial charge in [-0.15, -0.1) is 0 Å². The fourth-order valence-corrected chi connectivity index (χ4v) is 2.63. The molecule has 0 N–H and O–H groups in total. The smallest absolute Gasteiger partial charge is 0.365 e. The molecule has 1 aromatic carbocycles. The molecule has 2 rings (SSSR count). The second-order valence-electron chi connectivity index (χ2n) is 9.61. The third-order valence-corrected chi connectivity index (χ3v) is 3.91. The Morgan fingerprint density at radius 3 is 1.91 bits per heavy atom. The number of fused-ring (bicyclic) bond motifs is 1. The molecule has 1 aliphatic rings. The number of nitrogens with zero attached hydrogens (tertiary/aromatic N) is 1. The van der Waals surface area contributed by atoms with Gasteiger partial charge in [-0.1, -0.05) is 73.0 Å². The summed E-state index contributed by atoms with van der Waals surface area (Å²) in [7, 11) is 0. The Morgan fingerprint density at radius 1 is 0.913 bits per heavy atom. The molecule has 1 aliphatic heterocycles. The number of amides is 1. The van der Waals surface area contributed by atoms with Gasteiger partial charge >= 0.3 is 6.09 Å². The molecule has 3 nitrogen and oxygen atoms in total. The van der Waals surface area contributed by atoms with E-state index in [9.17, 15) is 4.79 Å². The predicted molar refractivity (Wildman–Crippen MR) is 95.3 cm³/mol. The van der Waals surface area contributed by atoms with Gasteiger partial charge in [-0.3, -0.25) is 0 Å². The van der Waals surface area contributed by atoms with Crippen molar-refractivity contribution in [2.45, 2.75) is 73.1 Å². The maximum atomic E-state index is 12.4. The fraction of sp³-hybridized carbons (Fsp3) is 0.600. The number of benzene rings is 1. The van der Waals surface area contributed by atoms with E-state index in [0.29, 0.717) is 5.75 Å². The lowest BCUT2D eigenvalue weighted by molar-refractivity contribution is -0.333.